The van der Waals surface area contributed by atoms with Gasteiger partial charge in [0.1, 0.15) is 11.6 Å². The third kappa shape index (κ3) is 4.30. The van der Waals surface area contributed by atoms with Gasteiger partial charge < -0.3 is 14.2 Å². The van der Waals surface area contributed by atoms with Crippen LogP contribution in [-0.2, 0) is 17.8 Å². The Morgan fingerprint density at radius 3 is 2.56 bits per heavy atom. The summed E-state index contributed by atoms with van der Waals surface area (Å²) in [5, 5.41) is 0. The lowest BCUT2D eigenvalue weighted by atomic mass is 10.1. The molecule has 0 bridgehead atoms. The van der Waals surface area contributed by atoms with E-state index in [2.05, 4.69) is 47.9 Å². The lowest BCUT2D eigenvalue weighted by molar-refractivity contribution is -0.117. The van der Waals surface area contributed by atoms with Crippen LogP contribution in [0.1, 0.15) is 49.1 Å². The second-order valence-corrected chi connectivity index (χ2v) is 9.03. The second kappa shape index (κ2) is 9.72. The molecule has 1 amide bonds. The van der Waals surface area contributed by atoms with Crippen LogP contribution >= 0.6 is 0 Å². The number of unbranched alkanes of at least 4 members (excludes halogenated alkanes) is 1. The van der Waals surface area contributed by atoms with Gasteiger partial charge in [-0.1, -0.05) is 55.8 Å². The molecule has 0 spiro atoms. The van der Waals surface area contributed by atoms with Gasteiger partial charge in [0, 0.05) is 30.1 Å². The molecule has 4 aromatic rings. The van der Waals surface area contributed by atoms with Crippen molar-refractivity contribution in [3.05, 3.63) is 89.7 Å². The number of imidazole rings is 1. The lowest BCUT2D eigenvalue weighted by Crippen LogP contribution is -2.24. The molecule has 0 N–H and O–H groups in total. The second-order valence-electron chi connectivity index (χ2n) is 9.03. The number of benzene rings is 3. The first-order valence-electron chi connectivity index (χ1n) is 12.1. The number of fused-ring (bicyclic) bond motifs is 1. The molecule has 1 aromatic heterocycles. The number of aromatic nitrogens is 2. The molecular weight excluding hydrogens is 422 g/mol. The summed E-state index contributed by atoms with van der Waals surface area (Å²) in [6.45, 7) is 3.50. The number of carbonyl (C=O) groups is 1. The van der Waals surface area contributed by atoms with Gasteiger partial charge in [-0.15, -0.1) is 0 Å². The monoisotopic (exact) mass is 453 g/mol. The molecule has 2 heterocycles. The van der Waals surface area contributed by atoms with Gasteiger partial charge in [0.25, 0.3) is 0 Å². The molecule has 174 valence electrons. The Bertz CT molecular complexity index is 1290. The van der Waals surface area contributed by atoms with Gasteiger partial charge in [0.15, 0.2) is 0 Å². The van der Waals surface area contributed by atoms with Gasteiger partial charge in [0.05, 0.1) is 24.7 Å². The lowest BCUT2D eigenvalue weighted by Gasteiger charge is -2.18. The Labute approximate surface area is 201 Å². The minimum absolute atomic E-state index is 0.0365. The summed E-state index contributed by atoms with van der Waals surface area (Å²) in [6.07, 6.45) is 3.92. The van der Waals surface area contributed by atoms with Crippen molar-refractivity contribution >= 4 is 22.6 Å². The number of methoxy groups -OCH3 is 1. The zero-order valence-electron chi connectivity index (χ0n) is 19.9. The van der Waals surface area contributed by atoms with Crippen LogP contribution < -0.4 is 9.64 Å². The highest BCUT2D eigenvalue weighted by molar-refractivity contribution is 5.96. The molecule has 34 heavy (non-hydrogen) atoms. The summed E-state index contributed by atoms with van der Waals surface area (Å²) in [6, 6.07) is 24.8. The van der Waals surface area contributed by atoms with Crippen molar-refractivity contribution in [2.24, 2.45) is 0 Å². The predicted octanol–water partition coefficient (Wildman–Crippen LogP) is 5.96. The fraction of sp³-hybridized carbons (Fsp3) is 0.310. The van der Waals surface area contributed by atoms with E-state index in [1.807, 2.05) is 41.3 Å². The van der Waals surface area contributed by atoms with Crippen molar-refractivity contribution in [3.63, 3.8) is 0 Å². The smallest absolute Gasteiger partial charge is 0.227 e. The first-order valence-corrected chi connectivity index (χ1v) is 12.1. The molecule has 1 fully saturated rings. The molecule has 1 saturated heterocycles. The number of amides is 1. The summed E-state index contributed by atoms with van der Waals surface area (Å²) in [5.74, 6) is 2.01. The van der Waals surface area contributed by atoms with Gasteiger partial charge in [-0.05, 0) is 48.7 Å². The molecule has 3 aromatic carbocycles. The van der Waals surface area contributed by atoms with Crippen LogP contribution in [0, 0.1) is 0 Å². The molecule has 0 saturated carbocycles. The molecule has 5 nitrogen and oxygen atoms in total. The number of hydrogen-bond donors (Lipinski definition) is 0. The van der Waals surface area contributed by atoms with Crippen LogP contribution in [0.25, 0.3) is 11.0 Å². The number of ether oxygens (including phenoxy) is 1. The van der Waals surface area contributed by atoms with E-state index in [1.54, 1.807) is 7.11 Å². The minimum Gasteiger partial charge on any atom is -0.496 e. The highest BCUT2D eigenvalue weighted by Gasteiger charge is 2.35. The van der Waals surface area contributed by atoms with Crippen LogP contribution in [0.5, 0.6) is 5.75 Å². The SMILES string of the molecule is CCCCc1ccc(N2CC(c3nc4ccccc4n3Cc3ccccc3OC)CC2=O)cc1. The van der Waals surface area contributed by atoms with Gasteiger partial charge in [-0.2, -0.15) is 0 Å². The first kappa shape index (κ1) is 22.2. The number of rotatable bonds is 8. The molecule has 5 heteroatoms. The molecule has 1 unspecified atom stereocenters. The summed E-state index contributed by atoms with van der Waals surface area (Å²) in [4.78, 5) is 20.0. The maximum atomic E-state index is 13.1. The van der Waals surface area contributed by atoms with Crippen LogP contribution in [0.15, 0.2) is 72.8 Å². The van der Waals surface area contributed by atoms with E-state index < -0.39 is 0 Å². The number of hydrogen-bond acceptors (Lipinski definition) is 3. The van der Waals surface area contributed by atoms with E-state index >= 15 is 0 Å². The van der Waals surface area contributed by atoms with Crippen LogP contribution in [-0.4, -0.2) is 29.1 Å². The Morgan fingerprint density at radius 1 is 1.00 bits per heavy atom. The van der Waals surface area contributed by atoms with E-state index in [0.29, 0.717) is 19.5 Å². The molecule has 0 radical (unpaired) electrons. The number of nitrogens with zero attached hydrogens (tertiary/aromatic N) is 3. The Balaban J connectivity index is 1.45. The third-order valence-electron chi connectivity index (χ3n) is 6.76. The Kier molecular flexibility index (Phi) is 6.35. The normalized spacial score (nSPS) is 15.9. The molecule has 1 atom stereocenters. The maximum absolute atomic E-state index is 13.1. The zero-order chi connectivity index (χ0) is 23.5. The molecule has 0 aliphatic carbocycles. The summed E-state index contributed by atoms with van der Waals surface area (Å²) < 4.78 is 7.85. The Hall–Kier alpha value is -3.60. The van der Waals surface area contributed by atoms with Crippen molar-refractivity contribution in [2.45, 2.75) is 45.1 Å². The van der Waals surface area contributed by atoms with Crippen molar-refractivity contribution < 1.29 is 9.53 Å². The molecular formula is C29H31N3O2. The van der Waals surface area contributed by atoms with Crippen LogP contribution in [0.4, 0.5) is 5.69 Å². The van der Waals surface area contributed by atoms with Crippen molar-refractivity contribution in [2.75, 3.05) is 18.6 Å². The Morgan fingerprint density at radius 2 is 1.76 bits per heavy atom. The summed E-state index contributed by atoms with van der Waals surface area (Å²) in [7, 11) is 1.70. The van der Waals surface area contributed by atoms with Gasteiger partial charge >= 0.3 is 0 Å². The topological polar surface area (TPSA) is 47.4 Å². The molecule has 1 aliphatic rings. The van der Waals surface area contributed by atoms with Crippen molar-refractivity contribution in [1.82, 2.24) is 9.55 Å². The molecule has 1 aliphatic heterocycles. The number of para-hydroxylation sites is 3. The number of carbonyl (C=O) groups excluding carboxylic acids is 1. The average molecular weight is 454 g/mol. The average Bonchev–Trinajstić information content (AvgIpc) is 3.44. The maximum Gasteiger partial charge on any atom is 0.227 e. The minimum atomic E-state index is 0.0365. The van der Waals surface area contributed by atoms with Gasteiger partial charge in [-0.3, -0.25) is 4.79 Å². The quantitative estimate of drug-likeness (QED) is 0.331. The van der Waals surface area contributed by atoms with Crippen molar-refractivity contribution in [1.29, 1.82) is 0 Å². The predicted molar refractivity (Wildman–Crippen MR) is 137 cm³/mol. The van der Waals surface area contributed by atoms with E-state index in [-0.39, 0.29) is 11.8 Å². The van der Waals surface area contributed by atoms with E-state index in [1.165, 1.54) is 18.4 Å². The van der Waals surface area contributed by atoms with Crippen LogP contribution in [0.2, 0.25) is 0 Å². The molecule has 5 rings (SSSR count). The van der Waals surface area contributed by atoms with E-state index in [9.17, 15) is 4.79 Å². The highest BCUT2D eigenvalue weighted by atomic mass is 16.5. The van der Waals surface area contributed by atoms with E-state index in [4.69, 9.17) is 9.72 Å². The van der Waals surface area contributed by atoms with Crippen LogP contribution in [0.3, 0.4) is 0 Å². The standard InChI is InChI=1S/C29H31N3O2/c1-3-4-9-21-14-16-24(17-15-21)31-20-23(18-28(31)33)29-30-25-11-6-7-12-26(25)32(29)19-22-10-5-8-13-27(22)34-2/h5-8,10-17,23H,3-4,9,18-20H2,1-2H3. The summed E-state index contributed by atoms with van der Waals surface area (Å²) in [5.41, 5.74) is 5.43. The number of anilines is 1. The summed E-state index contributed by atoms with van der Waals surface area (Å²) >= 11 is 0. The third-order valence-corrected chi connectivity index (χ3v) is 6.76. The fourth-order valence-corrected chi connectivity index (χ4v) is 4.93. The number of aryl methyl sites for hydroxylation is 1. The zero-order valence-corrected chi connectivity index (χ0v) is 19.9. The van der Waals surface area contributed by atoms with Gasteiger partial charge in [0.2, 0.25) is 5.91 Å². The van der Waals surface area contributed by atoms with E-state index in [0.717, 1.165) is 40.3 Å². The van der Waals surface area contributed by atoms with Gasteiger partial charge in [-0.25, -0.2) is 4.98 Å². The van der Waals surface area contributed by atoms with Crippen molar-refractivity contribution in [3.8, 4) is 5.75 Å². The largest absolute Gasteiger partial charge is 0.496 e. The first-order chi connectivity index (χ1) is 16.7. The highest BCUT2D eigenvalue weighted by Crippen LogP contribution is 2.34. The fourth-order valence-electron chi connectivity index (χ4n) is 4.93.